The first-order valence-electron chi connectivity index (χ1n) is 6.48. The smallest absolute Gasteiger partial charge is 0.0219 e. The van der Waals surface area contributed by atoms with Gasteiger partial charge in [0.2, 0.25) is 0 Å². The van der Waals surface area contributed by atoms with Crippen molar-refractivity contribution in [2.75, 3.05) is 0 Å². The van der Waals surface area contributed by atoms with Gasteiger partial charge < -0.3 is 5.32 Å². The van der Waals surface area contributed by atoms with Gasteiger partial charge in [0.15, 0.2) is 0 Å². The molecule has 0 fully saturated rings. The average molecular weight is 259 g/mol. The van der Waals surface area contributed by atoms with E-state index in [-0.39, 0.29) is 0 Å². The lowest BCUT2D eigenvalue weighted by Crippen LogP contribution is -2.27. The van der Waals surface area contributed by atoms with Crippen LogP contribution in [-0.2, 0) is 13.0 Å². The molecule has 2 rings (SSSR count). The van der Waals surface area contributed by atoms with Gasteiger partial charge in [-0.1, -0.05) is 30.3 Å². The van der Waals surface area contributed by atoms with Gasteiger partial charge in [-0.2, -0.15) is 0 Å². The molecule has 0 aliphatic heterocycles. The summed E-state index contributed by atoms with van der Waals surface area (Å²) in [6.07, 6.45) is 1.09. The van der Waals surface area contributed by atoms with Crippen LogP contribution in [0.2, 0.25) is 0 Å². The molecule has 1 aromatic heterocycles. The number of benzene rings is 1. The molecule has 1 unspecified atom stereocenters. The van der Waals surface area contributed by atoms with Gasteiger partial charge in [-0.05, 0) is 44.4 Å². The Labute approximate surface area is 114 Å². The van der Waals surface area contributed by atoms with Gasteiger partial charge in [0, 0.05) is 22.3 Å². The summed E-state index contributed by atoms with van der Waals surface area (Å²) in [5.74, 6) is 0. The molecule has 0 aliphatic carbocycles. The van der Waals surface area contributed by atoms with Crippen LogP contribution < -0.4 is 5.32 Å². The lowest BCUT2D eigenvalue weighted by atomic mass is 10.1. The van der Waals surface area contributed by atoms with Gasteiger partial charge in [0.1, 0.15) is 0 Å². The monoisotopic (exact) mass is 259 g/mol. The zero-order valence-electron chi connectivity index (χ0n) is 11.4. The molecule has 0 amide bonds. The highest BCUT2D eigenvalue weighted by Crippen LogP contribution is 2.20. The van der Waals surface area contributed by atoms with Crippen molar-refractivity contribution < 1.29 is 0 Å². The number of rotatable bonds is 5. The van der Waals surface area contributed by atoms with E-state index in [0.29, 0.717) is 6.04 Å². The molecule has 1 aromatic carbocycles. The van der Waals surface area contributed by atoms with E-state index >= 15 is 0 Å². The minimum Gasteiger partial charge on any atom is -0.310 e. The van der Waals surface area contributed by atoms with Gasteiger partial charge in [-0.25, -0.2) is 0 Å². The van der Waals surface area contributed by atoms with E-state index < -0.39 is 0 Å². The standard InChI is InChI=1S/C16H21NS/c1-12(9-15-7-5-4-6-8-15)17-11-16-10-13(2)18-14(16)3/h4-8,10,12,17H,9,11H2,1-3H3. The van der Waals surface area contributed by atoms with Gasteiger partial charge in [-0.15, -0.1) is 11.3 Å². The van der Waals surface area contributed by atoms with E-state index in [1.807, 2.05) is 11.3 Å². The Morgan fingerprint density at radius 1 is 1.17 bits per heavy atom. The summed E-state index contributed by atoms with van der Waals surface area (Å²) < 4.78 is 0. The Kier molecular flexibility index (Phi) is 4.56. The van der Waals surface area contributed by atoms with E-state index in [4.69, 9.17) is 0 Å². The second-order valence-corrected chi connectivity index (χ2v) is 6.37. The molecule has 0 bridgehead atoms. The maximum absolute atomic E-state index is 3.61. The van der Waals surface area contributed by atoms with Gasteiger partial charge in [0.05, 0.1) is 0 Å². The molecule has 0 saturated carbocycles. The highest BCUT2D eigenvalue weighted by Gasteiger charge is 2.06. The summed E-state index contributed by atoms with van der Waals surface area (Å²) >= 11 is 1.88. The summed E-state index contributed by atoms with van der Waals surface area (Å²) in [5.41, 5.74) is 2.84. The topological polar surface area (TPSA) is 12.0 Å². The fourth-order valence-corrected chi connectivity index (χ4v) is 3.13. The van der Waals surface area contributed by atoms with E-state index in [0.717, 1.165) is 13.0 Å². The van der Waals surface area contributed by atoms with E-state index in [2.05, 4.69) is 62.5 Å². The van der Waals surface area contributed by atoms with Crippen LogP contribution in [0, 0.1) is 13.8 Å². The molecule has 0 aliphatic rings. The number of aryl methyl sites for hydroxylation is 2. The lowest BCUT2D eigenvalue weighted by molar-refractivity contribution is 0.545. The van der Waals surface area contributed by atoms with Gasteiger partial charge >= 0.3 is 0 Å². The number of thiophene rings is 1. The fourth-order valence-electron chi connectivity index (χ4n) is 2.18. The van der Waals surface area contributed by atoms with Crippen LogP contribution in [0.15, 0.2) is 36.4 Å². The van der Waals surface area contributed by atoms with E-state index in [1.165, 1.54) is 20.9 Å². The SMILES string of the molecule is Cc1cc(CNC(C)Cc2ccccc2)c(C)s1. The minimum absolute atomic E-state index is 0.506. The molecule has 1 heterocycles. The Bertz CT molecular complexity index is 487. The quantitative estimate of drug-likeness (QED) is 0.853. The van der Waals surface area contributed by atoms with Crippen LogP contribution in [0.5, 0.6) is 0 Å². The predicted molar refractivity (Wildman–Crippen MR) is 80.2 cm³/mol. The first-order valence-corrected chi connectivity index (χ1v) is 7.30. The summed E-state index contributed by atoms with van der Waals surface area (Å²) in [5, 5.41) is 3.61. The molecule has 2 aromatic rings. The normalized spacial score (nSPS) is 12.6. The molecule has 1 atom stereocenters. The molecule has 96 valence electrons. The maximum Gasteiger partial charge on any atom is 0.0219 e. The molecular weight excluding hydrogens is 238 g/mol. The van der Waals surface area contributed by atoms with Crippen LogP contribution in [0.4, 0.5) is 0 Å². The molecule has 1 nitrogen and oxygen atoms in total. The number of hydrogen-bond donors (Lipinski definition) is 1. The van der Waals surface area contributed by atoms with Crippen LogP contribution >= 0.6 is 11.3 Å². The third-order valence-electron chi connectivity index (χ3n) is 3.17. The summed E-state index contributed by atoms with van der Waals surface area (Å²) in [6, 6.07) is 13.5. The summed E-state index contributed by atoms with van der Waals surface area (Å²) in [6.45, 7) is 7.61. The van der Waals surface area contributed by atoms with Crippen LogP contribution in [-0.4, -0.2) is 6.04 Å². The van der Waals surface area contributed by atoms with E-state index in [1.54, 1.807) is 0 Å². The van der Waals surface area contributed by atoms with Crippen LogP contribution in [0.3, 0.4) is 0 Å². The van der Waals surface area contributed by atoms with Crippen LogP contribution in [0.25, 0.3) is 0 Å². The highest BCUT2D eigenvalue weighted by atomic mass is 32.1. The van der Waals surface area contributed by atoms with Crippen molar-refractivity contribution in [2.45, 2.75) is 39.8 Å². The van der Waals surface area contributed by atoms with Crippen molar-refractivity contribution in [3.63, 3.8) is 0 Å². The first kappa shape index (κ1) is 13.3. The molecule has 0 radical (unpaired) electrons. The van der Waals surface area contributed by atoms with Crippen molar-refractivity contribution >= 4 is 11.3 Å². The zero-order valence-corrected chi connectivity index (χ0v) is 12.2. The number of nitrogens with one attached hydrogen (secondary N) is 1. The molecule has 18 heavy (non-hydrogen) atoms. The molecule has 2 heteroatoms. The molecular formula is C16H21NS. The Hall–Kier alpha value is -1.12. The minimum atomic E-state index is 0.506. The third-order valence-corrected chi connectivity index (χ3v) is 4.18. The largest absolute Gasteiger partial charge is 0.310 e. The lowest BCUT2D eigenvalue weighted by Gasteiger charge is -2.13. The Balaban J connectivity index is 1.85. The molecule has 0 saturated heterocycles. The fraction of sp³-hybridized carbons (Fsp3) is 0.375. The van der Waals surface area contributed by atoms with Crippen molar-refractivity contribution in [1.29, 1.82) is 0 Å². The predicted octanol–water partition coefficient (Wildman–Crippen LogP) is 4.09. The first-order chi connectivity index (χ1) is 8.65. The second kappa shape index (κ2) is 6.17. The summed E-state index contributed by atoms with van der Waals surface area (Å²) in [4.78, 5) is 2.84. The maximum atomic E-state index is 3.61. The average Bonchev–Trinajstić information content (AvgIpc) is 2.66. The zero-order chi connectivity index (χ0) is 13.0. The van der Waals surface area contributed by atoms with E-state index in [9.17, 15) is 0 Å². The van der Waals surface area contributed by atoms with Crippen molar-refractivity contribution in [3.8, 4) is 0 Å². The summed E-state index contributed by atoms with van der Waals surface area (Å²) in [7, 11) is 0. The second-order valence-electron chi connectivity index (χ2n) is 4.91. The highest BCUT2D eigenvalue weighted by molar-refractivity contribution is 7.12. The molecule has 0 spiro atoms. The van der Waals surface area contributed by atoms with Crippen LogP contribution in [0.1, 0.15) is 27.8 Å². The third kappa shape index (κ3) is 3.69. The Morgan fingerprint density at radius 3 is 2.50 bits per heavy atom. The van der Waals surface area contributed by atoms with Gasteiger partial charge in [-0.3, -0.25) is 0 Å². The van der Waals surface area contributed by atoms with Crippen molar-refractivity contribution in [2.24, 2.45) is 0 Å². The van der Waals surface area contributed by atoms with Gasteiger partial charge in [0.25, 0.3) is 0 Å². The molecule has 1 N–H and O–H groups in total. The van der Waals surface area contributed by atoms with Crippen molar-refractivity contribution in [3.05, 3.63) is 57.3 Å². The Morgan fingerprint density at radius 2 is 1.89 bits per heavy atom. The number of hydrogen-bond acceptors (Lipinski definition) is 2. The van der Waals surface area contributed by atoms with Crippen molar-refractivity contribution in [1.82, 2.24) is 5.32 Å².